The zero-order chi connectivity index (χ0) is 14.9. The lowest BCUT2D eigenvalue weighted by atomic mass is 9.90. The van der Waals surface area contributed by atoms with E-state index in [-0.39, 0.29) is 12.4 Å². The van der Waals surface area contributed by atoms with Gasteiger partial charge in [0, 0.05) is 30.1 Å². The van der Waals surface area contributed by atoms with E-state index in [1.54, 1.807) is 0 Å². The number of halogens is 1. The summed E-state index contributed by atoms with van der Waals surface area (Å²) >= 11 is 0. The Morgan fingerprint density at radius 1 is 1.30 bits per heavy atom. The maximum absolute atomic E-state index is 5.66. The van der Waals surface area contributed by atoms with Crippen molar-refractivity contribution in [3.05, 3.63) is 29.6 Å². The number of tetrazole rings is 1. The van der Waals surface area contributed by atoms with Gasteiger partial charge in [0.15, 0.2) is 5.82 Å². The van der Waals surface area contributed by atoms with Crippen LogP contribution in [0.2, 0.25) is 0 Å². The average molecular weight is 333 g/mol. The first kappa shape index (κ1) is 15.6. The molecular weight excluding hydrogens is 316 g/mol. The molecule has 1 aliphatic carbocycles. The van der Waals surface area contributed by atoms with E-state index in [1.807, 2.05) is 17.1 Å². The average Bonchev–Trinajstić information content (AvgIpc) is 3.20. The van der Waals surface area contributed by atoms with E-state index in [0.717, 1.165) is 37.2 Å². The van der Waals surface area contributed by atoms with Gasteiger partial charge in [-0.1, -0.05) is 0 Å². The molecule has 0 radical (unpaired) electrons. The molecule has 3 aromatic rings. The molecule has 0 bridgehead atoms. The molecule has 9 heteroatoms. The van der Waals surface area contributed by atoms with Crippen LogP contribution in [0.1, 0.15) is 17.5 Å². The van der Waals surface area contributed by atoms with Crippen LogP contribution in [0, 0.1) is 0 Å². The van der Waals surface area contributed by atoms with E-state index in [0.29, 0.717) is 12.4 Å². The number of rotatable bonds is 4. The SMILES string of the molecule is Cl.NCCCn1nc(-c2nnn[nH]2)c2c1-c1ccncc1CC2. The molecule has 0 aliphatic heterocycles. The maximum Gasteiger partial charge on any atom is 0.200 e. The van der Waals surface area contributed by atoms with E-state index in [4.69, 9.17) is 10.8 Å². The van der Waals surface area contributed by atoms with Crippen LogP contribution in [0.3, 0.4) is 0 Å². The Morgan fingerprint density at radius 2 is 2.22 bits per heavy atom. The van der Waals surface area contributed by atoms with Crippen molar-refractivity contribution in [2.24, 2.45) is 5.73 Å². The first-order valence-corrected chi connectivity index (χ1v) is 7.35. The van der Waals surface area contributed by atoms with Crippen LogP contribution in [-0.2, 0) is 19.4 Å². The van der Waals surface area contributed by atoms with Gasteiger partial charge < -0.3 is 5.73 Å². The predicted molar refractivity (Wildman–Crippen MR) is 87.0 cm³/mol. The van der Waals surface area contributed by atoms with Crippen LogP contribution in [0.5, 0.6) is 0 Å². The highest BCUT2D eigenvalue weighted by Crippen LogP contribution is 2.37. The van der Waals surface area contributed by atoms with Gasteiger partial charge in [-0.05, 0) is 47.9 Å². The minimum Gasteiger partial charge on any atom is -0.330 e. The van der Waals surface area contributed by atoms with Crippen LogP contribution in [0.15, 0.2) is 18.5 Å². The molecule has 3 N–H and O–H groups in total. The molecular formula is C14H17ClN8. The number of hydrogen-bond acceptors (Lipinski definition) is 6. The Labute approximate surface area is 138 Å². The van der Waals surface area contributed by atoms with Gasteiger partial charge in [-0.3, -0.25) is 9.67 Å². The highest BCUT2D eigenvalue weighted by Gasteiger charge is 2.26. The Morgan fingerprint density at radius 3 is 3.00 bits per heavy atom. The summed E-state index contributed by atoms with van der Waals surface area (Å²) in [6.07, 6.45) is 6.50. The number of nitrogens with one attached hydrogen (secondary N) is 1. The van der Waals surface area contributed by atoms with Crippen molar-refractivity contribution in [1.82, 2.24) is 35.4 Å². The van der Waals surface area contributed by atoms with Crippen LogP contribution in [-0.4, -0.2) is 41.9 Å². The highest BCUT2D eigenvalue weighted by molar-refractivity contribution is 5.85. The van der Waals surface area contributed by atoms with Gasteiger partial charge in [-0.2, -0.15) is 5.10 Å². The molecule has 23 heavy (non-hydrogen) atoms. The first-order chi connectivity index (χ1) is 10.9. The number of nitrogens with zero attached hydrogens (tertiary/aromatic N) is 6. The summed E-state index contributed by atoms with van der Waals surface area (Å²) in [5, 5.41) is 18.9. The summed E-state index contributed by atoms with van der Waals surface area (Å²) in [7, 11) is 0. The highest BCUT2D eigenvalue weighted by atomic mass is 35.5. The fraction of sp³-hybridized carbons (Fsp3) is 0.357. The zero-order valence-corrected chi connectivity index (χ0v) is 13.3. The Kier molecular flexibility index (Phi) is 4.35. The largest absolute Gasteiger partial charge is 0.330 e. The summed E-state index contributed by atoms with van der Waals surface area (Å²) in [5.74, 6) is 0.611. The van der Waals surface area contributed by atoms with E-state index >= 15 is 0 Å². The molecule has 120 valence electrons. The molecule has 0 aromatic carbocycles. The molecule has 3 aromatic heterocycles. The molecule has 0 saturated carbocycles. The molecule has 8 nitrogen and oxygen atoms in total. The third kappa shape index (κ3) is 2.60. The van der Waals surface area contributed by atoms with Gasteiger partial charge in [-0.15, -0.1) is 17.5 Å². The van der Waals surface area contributed by atoms with Crippen molar-refractivity contribution in [1.29, 1.82) is 0 Å². The third-order valence-corrected chi connectivity index (χ3v) is 4.00. The number of H-pyrrole nitrogens is 1. The second-order valence-electron chi connectivity index (χ2n) is 5.32. The van der Waals surface area contributed by atoms with E-state index in [2.05, 4.69) is 31.7 Å². The summed E-state index contributed by atoms with van der Waals surface area (Å²) in [6.45, 7) is 1.42. The number of aryl methyl sites for hydroxylation is 2. The van der Waals surface area contributed by atoms with Crippen LogP contribution < -0.4 is 5.73 Å². The number of fused-ring (bicyclic) bond motifs is 3. The topological polar surface area (TPSA) is 111 Å². The summed E-state index contributed by atoms with van der Waals surface area (Å²) < 4.78 is 2.03. The normalized spacial score (nSPS) is 12.4. The first-order valence-electron chi connectivity index (χ1n) is 7.35. The van der Waals surface area contributed by atoms with Crippen molar-refractivity contribution in [3.8, 4) is 22.8 Å². The fourth-order valence-electron chi connectivity index (χ4n) is 3.01. The minimum absolute atomic E-state index is 0. The molecule has 0 spiro atoms. The molecule has 3 heterocycles. The van der Waals surface area contributed by atoms with Crippen molar-refractivity contribution in [3.63, 3.8) is 0 Å². The molecule has 1 aliphatic rings. The molecule has 0 unspecified atom stereocenters. The third-order valence-electron chi connectivity index (χ3n) is 4.00. The standard InChI is InChI=1S/C14H16N8.ClH/c15-5-1-7-22-13-10-4-6-16-8-9(10)2-3-11(13)12(19-22)14-17-20-21-18-14;/h4,6,8H,1-3,5,7,15H2,(H,17,18,20,21);1H. The van der Waals surface area contributed by atoms with Gasteiger partial charge in [0.25, 0.3) is 0 Å². The number of hydrogen-bond donors (Lipinski definition) is 2. The minimum atomic E-state index is 0. The molecule has 0 amide bonds. The Bertz CT molecular complexity index is 795. The van der Waals surface area contributed by atoms with Gasteiger partial charge in [-0.25, -0.2) is 5.10 Å². The van der Waals surface area contributed by atoms with Crippen molar-refractivity contribution < 1.29 is 0 Å². The molecule has 0 saturated heterocycles. The number of nitrogens with two attached hydrogens (primary N) is 1. The van der Waals surface area contributed by atoms with Crippen LogP contribution in [0.4, 0.5) is 0 Å². The monoisotopic (exact) mass is 332 g/mol. The quantitative estimate of drug-likeness (QED) is 0.737. The zero-order valence-electron chi connectivity index (χ0n) is 12.4. The van der Waals surface area contributed by atoms with E-state index < -0.39 is 0 Å². The maximum atomic E-state index is 5.66. The second kappa shape index (κ2) is 6.43. The lowest BCUT2D eigenvalue weighted by Crippen LogP contribution is -2.11. The molecule has 4 rings (SSSR count). The van der Waals surface area contributed by atoms with Gasteiger partial charge in [0.05, 0.1) is 5.69 Å². The molecule has 0 atom stereocenters. The predicted octanol–water partition coefficient (Wildman–Crippen LogP) is 0.994. The van der Waals surface area contributed by atoms with Crippen LogP contribution >= 0.6 is 12.4 Å². The summed E-state index contributed by atoms with van der Waals surface area (Å²) in [5.41, 5.74) is 11.3. The van der Waals surface area contributed by atoms with Crippen molar-refractivity contribution in [2.45, 2.75) is 25.8 Å². The van der Waals surface area contributed by atoms with Crippen molar-refractivity contribution in [2.75, 3.05) is 6.54 Å². The van der Waals surface area contributed by atoms with Gasteiger partial charge in [0.2, 0.25) is 0 Å². The fourth-order valence-corrected chi connectivity index (χ4v) is 3.01. The second-order valence-corrected chi connectivity index (χ2v) is 5.32. The Balaban J connectivity index is 0.00000156. The molecule has 0 fully saturated rings. The summed E-state index contributed by atoms with van der Waals surface area (Å²) in [4.78, 5) is 4.23. The lowest BCUT2D eigenvalue weighted by Gasteiger charge is -2.18. The number of aromatic nitrogens is 7. The number of pyridine rings is 1. The Hall–Kier alpha value is -2.32. The van der Waals surface area contributed by atoms with Gasteiger partial charge >= 0.3 is 0 Å². The van der Waals surface area contributed by atoms with E-state index in [9.17, 15) is 0 Å². The lowest BCUT2D eigenvalue weighted by molar-refractivity contribution is 0.590. The summed E-state index contributed by atoms with van der Waals surface area (Å²) in [6, 6.07) is 2.05. The van der Waals surface area contributed by atoms with Crippen molar-refractivity contribution >= 4 is 12.4 Å². The van der Waals surface area contributed by atoms with Crippen LogP contribution in [0.25, 0.3) is 22.8 Å². The smallest absolute Gasteiger partial charge is 0.200 e. The number of aromatic amines is 1. The van der Waals surface area contributed by atoms with E-state index in [1.165, 1.54) is 16.7 Å². The van der Waals surface area contributed by atoms with Gasteiger partial charge in [0.1, 0.15) is 5.69 Å².